The molecule has 1 aromatic rings. The summed E-state index contributed by atoms with van der Waals surface area (Å²) >= 11 is 0. The number of H-pyrrole nitrogens is 1. The Bertz CT molecular complexity index is 473. The van der Waals surface area contributed by atoms with Crippen molar-refractivity contribution in [3.8, 4) is 0 Å². The molecule has 7 nitrogen and oxygen atoms in total. The van der Waals surface area contributed by atoms with Gasteiger partial charge >= 0.3 is 11.9 Å². The summed E-state index contributed by atoms with van der Waals surface area (Å²) in [4.78, 5) is 20.6. The van der Waals surface area contributed by atoms with Gasteiger partial charge in [-0.05, 0) is 18.2 Å². The molecule has 0 atom stereocenters. The SMILES string of the molecule is N/C(=C\c1cc(/C=C/C(=O)O)n[nH]1)C(=O)O. The van der Waals surface area contributed by atoms with E-state index in [0.717, 1.165) is 6.08 Å². The Hall–Kier alpha value is -2.57. The number of carboxylic acids is 2. The van der Waals surface area contributed by atoms with Crippen molar-refractivity contribution in [1.82, 2.24) is 10.2 Å². The number of carboxylic acid groups (broad SMARTS) is 2. The van der Waals surface area contributed by atoms with Crippen LogP contribution in [0.5, 0.6) is 0 Å². The van der Waals surface area contributed by atoms with Gasteiger partial charge in [0.2, 0.25) is 0 Å². The van der Waals surface area contributed by atoms with Crippen LogP contribution < -0.4 is 5.73 Å². The first-order valence-electron chi connectivity index (χ1n) is 4.16. The molecule has 0 unspecified atom stereocenters. The molecule has 0 radical (unpaired) electrons. The molecule has 0 saturated carbocycles. The normalized spacial score (nSPS) is 11.9. The molecular formula is C9H9N3O4. The second-order valence-corrected chi connectivity index (χ2v) is 2.82. The van der Waals surface area contributed by atoms with Crippen LogP contribution >= 0.6 is 0 Å². The second-order valence-electron chi connectivity index (χ2n) is 2.82. The third-order valence-electron chi connectivity index (χ3n) is 1.57. The summed E-state index contributed by atoms with van der Waals surface area (Å²) in [5.41, 5.74) is 5.59. The molecule has 0 saturated heterocycles. The minimum absolute atomic E-state index is 0.336. The van der Waals surface area contributed by atoms with Gasteiger partial charge in [-0.2, -0.15) is 5.10 Å². The van der Waals surface area contributed by atoms with Crippen LogP contribution in [0.2, 0.25) is 0 Å². The number of hydrogen-bond acceptors (Lipinski definition) is 4. The molecule has 0 aliphatic heterocycles. The summed E-state index contributed by atoms with van der Waals surface area (Å²) < 4.78 is 0. The Labute approximate surface area is 89.9 Å². The number of nitrogens with two attached hydrogens (primary N) is 1. The van der Waals surface area contributed by atoms with Crippen LogP contribution in [0.25, 0.3) is 12.2 Å². The molecule has 1 rings (SSSR count). The van der Waals surface area contributed by atoms with Crippen LogP contribution in [0.4, 0.5) is 0 Å². The molecule has 1 heterocycles. The monoisotopic (exact) mass is 223 g/mol. The van der Waals surface area contributed by atoms with Crippen molar-refractivity contribution in [1.29, 1.82) is 0 Å². The molecule has 0 aromatic carbocycles. The number of rotatable bonds is 4. The van der Waals surface area contributed by atoms with Gasteiger partial charge in [0.1, 0.15) is 5.70 Å². The molecular weight excluding hydrogens is 214 g/mol. The Balaban J connectivity index is 2.83. The van der Waals surface area contributed by atoms with Crippen molar-refractivity contribution < 1.29 is 19.8 Å². The van der Waals surface area contributed by atoms with Crippen molar-refractivity contribution in [2.24, 2.45) is 5.73 Å². The first-order valence-corrected chi connectivity index (χ1v) is 4.16. The zero-order valence-corrected chi connectivity index (χ0v) is 8.04. The molecule has 84 valence electrons. The first-order chi connectivity index (χ1) is 7.49. The number of aromatic amines is 1. The van der Waals surface area contributed by atoms with E-state index in [4.69, 9.17) is 15.9 Å². The smallest absolute Gasteiger partial charge is 0.351 e. The third-order valence-corrected chi connectivity index (χ3v) is 1.57. The van der Waals surface area contributed by atoms with E-state index in [-0.39, 0.29) is 5.70 Å². The van der Waals surface area contributed by atoms with Gasteiger partial charge in [0.25, 0.3) is 0 Å². The molecule has 0 fully saturated rings. The van der Waals surface area contributed by atoms with Crippen molar-refractivity contribution in [3.63, 3.8) is 0 Å². The maximum absolute atomic E-state index is 10.4. The summed E-state index contributed by atoms with van der Waals surface area (Å²) in [6.45, 7) is 0. The van der Waals surface area contributed by atoms with Gasteiger partial charge in [-0.25, -0.2) is 9.59 Å². The number of carbonyl (C=O) groups is 2. The molecule has 7 heteroatoms. The summed E-state index contributed by atoms with van der Waals surface area (Å²) in [6.07, 6.45) is 3.38. The minimum Gasteiger partial charge on any atom is -0.478 e. The van der Waals surface area contributed by atoms with Crippen LogP contribution in [0, 0.1) is 0 Å². The molecule has 0 bridgehead atoms. The predicted octanol–water partition coefficient (Wildman–Crippen LogP) is -0.108. The molecule has 0 spiro atoms. The highest BCUT2D eigenvalue weighted by Crippen LogP contribution is 2.05. The third kappa shape index (κ3) is 3.29. The molecule has 1 aromatic heterocycles. The summed E-state index contributed by atoms with van der Waals surface area (Å²) in [6, 6.07) is 1.47. The summed E-state index contributed by atoms with van der Waals surface area (Å²) in [5.74, 6) is -2.33. The quantitative estimate of drug-likeness (QED) is 0.527. The molecule has 0 aliphatic carbocycles. The van der Waals surface area contributed by atoms with Gasteiger partial charge in [0.05, 0.1) is 11.4 Å². The fourth-order valence-corrected chi connectivity index (χ4v) is 0.898. The van der Waals surface area contributed by atoms with E-state index in [9.17, 15) is 9.59 Å². The largest absolute Gasteiger partial charge is 0.478 e. The van der Waals surface area contributed by atoms with E-state index >= 15 is 0 Å². The molecule has 0 amide bonds. The van der Waals surface area contributed by atoms with E-state index in [1.165, 1.54) is 18.2 Å². The van der Waals surface area contributed by atoms with Gasteiger partial charge in [-0.1, -0.05) is 0 Å². The first kappa shape index (κ1) is 11.5. The van der Waals surface area contributed by atoms with E-state index in [1.807, 2.05) is 0 Å². The number of aliphatic carboxylic acids is 2. The lowest BCUT2D eigenvalue weighted by atomic mass is 10.3. The highest BCUT2D eigenvalue weighted by Gasteiger charge is 2.02. The van der Waals surface area contributed by atoms with Crippen LogP contribution in [0.1, 0.15) is 11.4 Å². The zero-order chi connectivity index (χ0) is 12.1. The average Bonchev–Trinajstić information content (AvgIpc) is 2.62. The highest BCUT2D eigenvalue weighted by atomic mass is 16.4. The highest BCUT2D eigenvalue weighted by molar-refractivity contribution is 5.90. The zero-order valence-electron chi connectivity index (χ0n) is 8.04. The van der Waals surface area contributed by atoms with Crippen molar-refractivity contribution in [2.45, 2.75) is 0 Å². The van der Waals surface area contributed by atoms with Crippen molar-refractivity contribution in [2.75, 3.05) is 0 Å². The van der Waals surface area contributed by atoms with Crippen molar-refractivity contribution >= 4 is 24.1 Å². The van der Waals surface area contributed by atoms with Crippen molar-refractivity contribution in [3.05, 3.63) is 29.2 Å². The lowest BCUT2D eigenvalue weighted by molar-refractivity contribution is -0.133. The molecule has 5 N–H and O–H groups in total. The maximum atomic E-state index is 10.4. The fourth-order valence-electron chi connectivity index (χ4n) is 0.898. The Morgan fingerprint density at radius 3 is 2.69 bits per heavy atom. The van der Waals surface area contributed by atoms with Crippen LogP contribution in [-0.4, -0.2) is 32.3 Å². The molecule has 0 aliphatic rings. The average molecular weight is 223 g/mol. The van der Waals surface area contributed by atoms with E-state index < -0.39 is 11.9 Å². The number of nitrogens with one attached hydrogen (secondary N) is 1. The topological polar surface area (TPSA) is 129 Å². The number of hydrogen-bond donors (Lipinski definition) is 4. The van der Waals surface area contributed by atoms with Gasteiger partial charge in [-0.15, -0.1) is 0 Å². The van der Waals surface area contributed by atoms with E-state index in [2.05, 4.69) is 10.2 Å². The molecule has 16 heavy (non-hydrogen) atoms. The minimum atomic E-state index is -1.24. The van der Waals surface area contributed by atoms with Gasteiger partial charge < -0.3 is 15.9 Å². The maximum Gasteiger partial charge on any atom is 0.351 e. The van der Waals surface area contributed by atoms with Gasteiger partial charge in [0.15, 0.2) is 0 Å². The van der Waals surface area contributed by atoms with Crippen LogP contribution in [0.3, 0.4) is 0 Å². The Morgan fingerprint density at radius 1 is 1.44 bits per heavy atom. The van der Waals surface area contributed by atoms with Gasteiger partial charge in [0, 0.05) is 6.08 Å². The Morgan fingerprint density at radius 2 is 2.12 bits per heavy atom. The van der Waals surface area contributed by atoms with Crippen LogP contribution in [-0.2, 0) is 9.59 Å². The lowest BCUT2D eigenvalue weighted by Gasteiger charge is -1.89. The van der Waals surface area contributed by atoms with Gasteiger partial charge in [-0.3, -0.25) is 5.10 Å². The van der Waals surface area contributed by atoms with Crippen LogP contribution in [0.15, 0.2) is 17.8 Å². The lowest BCUT2D eigenvalue weighted by Crippen LogP contribution is -2.09. The second kappa shape index (κ2) is 4.78. The van der Waals surface area contributed by atoms with E-state index in [0.29, 0.717) is 11.4 Å². The number of aromatic nitrogens is 2. The number of nitrogens with zero attached hydrogens (tertiary/aromatic N) is 1. The van der Waals surface area contributed by atoms with E-state index in [1.54, 1.807) is 0 Å². The standard InChI is InChI=1S/C9H9N3O4/c10-7(9(15)16)4-6-3-5(11-12-6)1-2-8(13)14/h1-4H,10H2,(H,11,12)(H,13,14)(H,15,16)/b2-1+,7-4-. The summed E-state index contributed by atoms with van der Waals surface area (Å²) in [5, 5.41) is 23.1. The fraction of sp³-hybridized carbons (Fsp3) is 0. The summed E-state index contributed by atoms with van der Waals surface area (Å²) in [7, 11) is 0. The Kier molecular flexibility index (Phi) is 3.44. The predicted molar refractivity (Wildman–Crippen MR) is 55.1 cm³/mol.